The summed E-state index contributed by atoms with van der Waals surface area (Å²) >= 11 is 0. The van der Waals surface area contributed by atoms with Crippen molar-refractivity contribution >= 4 is 17.8 Å². The molecule has 2 aliphatic rings. The summed E-state index contributed by atoms with van der Waals surface area (Å²) < 4.78 is 16.0. The third-order valence-corrected chi connectivity index (χ3v) is 4.19. The van der Waals surface area contributed by atoms with Gasteiger partial charge in [0, 0.05) is 24.8 Å². The number of hydrogen-bond donors (Lipinski definition) is 0. The first-order valence-corrected chi connectivity index (χ1v) is 7.78. The number of likely N-dealkylation sites (tertiary alicyclic amines) is 1. The van der Waals surface area contributed by atoms with Crippen LogP contribution < -0.4 is 0 Å². The number of ether oxygens (including phenoxy) is 3. The minimum absolute atomic E-state index is 0.0738. The van der Waals surface area contributed by atoms with Crippen molar-refractivity contribution < 1.29 is 28.6 Å². The molecule has 130 valence electrons. The maximum atomic E-state index is 12.5. The van der Waals surface area contributed by atoms with Crippen molar-refractivity contribution in [1.29, 1.82) is 0 Å². The van der Waals surface area contributed by atoms with Crippen molar-refractivity contribution in [2.24, 2.45) is 5.41 Å². The van der Waals surface area contributed by atoms with E-state index in [1.54, 1.807) is 20.8 Å². The van der Waals surface area contributed by atoms with Gasteiger partial charge in [0.25, 0.3) is 0 Å². The third-order valence-electron chi connectivity index (χ3n) is 4.19. The van der Waals surface area contributed by atoms with Crippen molar-refractivity contribution in [1.82, 2.24) is 4.90 Å². The van der Waals surface area contributed by atoms with E-state index in [4.69, 9.17) is 14.2 Å². The van der Waals surface area contributed by atoms with E-state index in [1.165, 1.54) is 12.0 Å². The number of nitrogens with zero attached hydrogens (tertiary/aromatic N) is 1. The second-order valence-corrected chi connectivity index (χ2v) is 7.49. The molecule has 0 N–H and O–H groups in total. The number of ketones is 1. The Morgan fingerprint density at radius 1 is 1.35 bits per heavy atom. The highest BCUT2D eigenvalue weighted by molar-refractivity contribution is 5.85. The van der Waals surface area contributed by atoms with Gasteiger partial charge >= 0.3 is 12.1 Å². The first-order valence-electron chi connectivity index (χ1n) is 7.78. The van der Waals surface area contributed by atoms with Crippen LogP contribution in [0.15, 0.2) is 0 Å². The molecule has 0 radical (unpaired) electrons. The summed E-state index contributed by atoms with van der Waals surface area (Å²) in [5.74, 6) is -0.483. The maximum Gasteiger partial charge on any atom is 0.411 e. The smallest absolute Gasteiger partial charge is 0.411 e. The van der Waals surface area contributed by atoms with Crippen LogP contribution in [0.25, 0.3) is 0 Å². The van der Waals surface area contributed by atoms with Crippen molar-refractivity contribution in [2.75, 3.05) is 20.3 Å². The number of amides is 1. The van der Waals surface area contributed by atoms with Gasteiger partial charge in [0.1, 0.15) is 11.4 Å². The van der Waals surface area contributed by atoms with Crippen LogP contribution in [0.2, 0.25) is 0 Å². The zero-order valence-electron chi connectivity index (χ0n) is 14.4. The van der Waals surface area contributed by atoms with Crippen molar-refractivity contribution in [2.45, 2.75) is 58.3 Å². The van der Waals surface area contributed by atoms with Gasteiger partial charge in [0.2, 0.25) is 0 Å². The van der Waals surface area contributed by atoms with Gasteiger partial charge < -0.3 is 14.2 Å². The summed E-state index contributed by atoms with van der Waals surface area (Å²) in [4.78, 5) is 38.0. The van der Waals surface area contributed by atoms with E-state index in [0.717, 1.165) is 0 Å². The Hall–Kier alpha value is -1.63. The number of methoxy groups -OCH3 is 1. The lowest BCUT2D eigenvalue weighted by Gasteiger charge is -2.29. The van der Waals surface area contributed by atoms with Gasteiger partial charge in [0.05, 0.1) is 19.8 Å². The third kappa shape index (κ3) is 3.65. The average Bonchev–Trinajstić information content (AvgIpc) is 2.61. The highest BCUT2D eigenvalue weighted by atomic mass is 16.6. The van der Waals surface area contributed by atoms with E-state index in [2.05, 4.69) is 0 Å². The zero-order chi connectivity index (χ0) is 17.4. The summed E-state index contributed by atoms with van der Waals surface area (Å²) in [6.07, 6.45) is -0.580. The van der Waals surface area contributed by atoms with Crippen LogP contribution in [-0.2, 0) is 23.8 Å². The molecule has 0 spiro atoms. The Morgan fingerprint density at radius 2 is 2.00 bits per heavy atom. The monoisotopic (exact) mass is 327 g/mol. The van der Waals surface area contributed by atoms with Gasteiger partial charge in [-0.25, -0.2) is 9.59 Å². The largest absolute Gasteiger partial charge is 0.467 e. The lowest BCUT2D eigenvalue weighted by Crippen LogP contribution is -2.48. The molecule has 0 aliphatic carbocycles. The molecular formula is C16H25NO6. The van der Waals surface area contributed by atoms with Gasteiger partial charge in [-0.05, 0) is 20.8 Å². The van der Waals surface area contributed by atoms with E-state index < -0.39 is 35.2 Å². The lowest BCUT2D eigenvalue weighted by atomic mass is 9.80. The molecule has 2 heterocycles. The standard InChI is InChI=1S/C16H25NO6/c1-15(2,3)23-14(20)17-9-16(4)8-10(18)6-7-22-12(16)11(17)13(19)21-5/h11-12H,6-9H2,1-5H3/t11?,12?,16-/m0/s1. The molecular weight excluding hydrogens is 302 g/mol. The normalized spacial score (nSPS) is 31.3. The SMILES string of the molecule is COC(=O)C1C2OCCC(=O)C[C@@]2(C)CN1C(=O)OC(C)(C)C. The topological polar surface area (TPSA) is 82.1 Å². The fourth-order valence-electron chi connectivity index (χ4n) is 3.28. The highest BCUT2D eigenvalue weighted by Crippen LogP contribution is 2.42. The Labute approximate surface area is 136 Å². The molecule has 7 heteroatoms. The van der Waals surface area contributed by atoms with Crippen LogP contribution in [0.3, 0.4) is 0 Å². The molecule has 0 saturated carbocycles. The first kappa shape index (κ1) is 17.7. The van der Waals surface area contributed by atoms with Crippen molar-refractivity contribution in [3.8, 4) is 0 Å². The molecule has 0 aromatic rings. The molecule has 0 aromatic carbocycles. The summed E-state index contributed by atoms with van der Waals surface area (Å²) in [5, 5.41) is 0. The summed E-state index contributed by atoms with van der Waals surface area (Å²) in [7, 11) is 1.27. The van der Waals surface area contributed by atoms with Gasteiger partial charge in [-0.2, -0.15) is 0 Å². The van der Waals surface area contributed by atoms with Crippen LogP contribution in [-0.4, -0.2) is 60.8 Å². The molecule has 0 aromatic heterocycles. The van der Waals surface area contributed by atoms with E-state index in [9.17, 15) is 14.4 Å². The van der Waals surface area contributed by atoms with Gasteiger partial charge in [0.15, 0.2) is 6.04 Å². The van der Waals surface area contributed by atoms with Crippen molar-refractivity contribution in [3.05, 3.63) is 0 Å². The summed E-state index contributed by atoms with van der Waals surface area (Å²) in [6.45, 7) is 7.60. The second-order valence-electron chi connectivity index (χ2n) is 7.49. The van der Waals surface area contributed by atoms with Gasteiger partial charge in [-0.1, -0.05) is 6.92 Å². The Kier molecular flexibility index (Phi) is 4.71. The van der Waals surface area contributed by atoms with Crippen LogP contribution >= 0.6 is 0 Å². The summed E-state index contributed by atoms with van der Waals surface area (Å²) in [6, 6.07) is -0.897. The fraction of sp³-hybridized carbons (Fsp3) is 0.812. The molecule has 2 unspecified atom stereocenters. The van der Waals surface area contributed by atoms with Crippen LogP contribution in [0.5, 0.6) is 0 Å². The van der Waals surface area contributed by atoms with Crippen LogP contribution in [0.1, 0.15) is 40.5 Å². The Bertz CT molecular complexity index is 511. The number of hydrogen-bond acceptors (Lipinski definition) is 6. The minimum Gasteiger partial charge on any atom is -0.467 e. The second kappa shape index (κ2) is 6.11. The average molecular weight is 327 g/mol. The van der Waals surface area contributed by atoms with Crippen LogP contribution in [0.4, 0.5) is 4.79 Å². The van der Waals surface area contributed by atoms with Crippen LogP contribution in [0, 0.1) is 5.41 Å². The molecule has 1 amide bonds. The van der Waals surface area contributed by atoms with E-state index >= 15 is 0 Å². The van der Waals surface area contributed by atoms with E-state index in [-0.39, 0.29) is 25.4 Å². The molecule has 2 fully saturated rings. The molecule has 2 rings (SSSR count). The molecule has 7 nitrogen and oxygen atoms in total. The number of fused-ring (bicyclic) bond motifs is 1. The molecule has 23 heavy (non-hydrogen) atoms. The number of carbonyl (C=O) groups is 3. The summed E-state index contributed by atoms with van der Waals surface area (Å²) in [5.41, 5.74) is -1.30. The Morgan fingerprint density at radius 3 is 2.57 bits per heavy atom. The maximum absolute atomic E-state index is 12.5. The molecule has 2 saturated heterocycles. The molecule has 3 atom stereocenters. The predicted molar refractivity (Wildman–Crippen MR) is 80.8 cm³/mol. The lowest BCUT2D eigenvalue weighted by molar-refractivity contribution is -0.151. The van der Waals surface area contributed by atoms with Crippen molar-refractivity contribution in [3.63, 3.8) is 0 Å². The fourth-order valence-corrected chi connectivity index (χ4v) is 3.28. The minimum atomic E-state index is -0.897. The van der Waals surface area contributed by atoms with Gasteiger partial charge in [-0.3, -0.25) is 9.69 Å². The number of carbonyl (C=O) groups excluding carboxylic acids is 3. The number of esters is 1. The molecule has 2 aliphatic heterocycles. The zero-order valence-corrected chi connectivity index (χ0v) is 14.4. The quantitative estimate of drug-likeness (QED) is 0.679. The number of Topliss-reactive ketones (excluding diaryl/α,β-unsaturated/α-hetero) is 1. The molecule has 0 bridgehead atoms. The van der Waals surface area contributed by atoms with E-state index in [1.807, 2.05) is 6.92 Å². The first-order chi connectivity index (χ1) is 10.6. The Balaban J connectivity index is 2.33. The number of rotatable bonds is 1. The van der Waals surface area contributed by atoms with Gasteiger partial charge in [-0.15, -0.1) is 0 Å². The highest BCUT2D eigenvalue weighted by Gasteiger charge is 2.57. The predicted octanol–water partition coefficient (Wildman–Crippen LogP) is 1.53. The van der Waals surface area contributed by atoms with E-state index in [0.29, 0.717) is 6.42 Å².